The van der Waals surface area contributed by atoms with Gasteiger partial charge in [0, 0.05) is 4.91 Å². The summed E-state index contributed by atoms with van der Waals surface area (Å²) in [7, 11) is 1.27. The van der Waals surface area contributed by atoms with Crippen molar-refractivity contribution >= 4 is 29.5 Å². The van der Waals surface area contributed by atoms with Crippen LogP contribution in [0.25, 0.3) is 0 Å². The van der Waals surface area contributed by atoms with Gasteiger partial charge in [-0.3, -0.25) is 14.5 Å². The summed E-state index contributed by atoms with van der Waals surface area (Å²) >= 11 is 1.36. The van der Waals surface area contributed by atoms with E-state index in [2.05, 4.69) is 5.32 Å². The number of nitrogens with zero attached hydrogens (tertiary/aromatic N) is 1. The highest BCUT2D eigenvalue weighted by Gasteiger charge is 2.56. The Bertz CT molecular complexity index is 718. The van der Waals surface area contributed by atoms with Crippen molar-refractivity contribution in [3.05, 3.63) is 40.9 Å². The third-order valence-corrected chi connectivity index (χ3v) is 4.99. The van der Waals surface area contributed by atoms with Crippen LogP contribution in [0.4, 0.5) is 0 Å². The van der Waals surface area contributed by atoms with Gasteiger partial charge in [0.25, 0.3) is 11.8 Å². The maximum absolute atomic E-state index is 12.2. The lowest BCUT2D eigenvalue weighted by Crippen LogP contribution is -2.68. The predicted molar refractivity (Wildman–Crippen MR) is 86.8 cm³/mol. The van der Waals surface area contributed by atoms with E-state index in [1.54, 1.807) is 31.2 Å². The molecule has 7 nitrogen and oxygen atoms in total. The summed E-state index contributed by atoms with van der Waals surface area (Å²) < 4.78 is 10.1. The Morgan fingerprint density at radius 3 is 2.67 bits per heavy atom. The van der Waals surface area contributed by atoms with Gasteiger partial charge in [0.15, 0.2) is 6.61 Å². The molecule has 1 aromatic carbocycles. The number of para-hydroxylation sites is 1. The normalized spacial score (nSPS) is 21.9. The molecular weight excluding hydrogens is 332 g/mol. The molecule has 2 heterocycles. The van der Waals surface area contributed by atoms with Crippen LogP contribution in [0.1, 0.15) is 6.92 Å². The number of rotatable bonds is 5. The van der Waals surface area contributed by atoms with Gasteiger partial charge in [-0.1, -0.05) is 18.2 Å². The zero-order valence-corrected chi connectivity index (χ0v) is 14.0. The Morgan fingerprint density at radius 2 is 2.00 bits per heavy atom. The molecule has 1 fully saturated rings. The molecule has 2 aliphatic rings. The maximum atomic E-state index is 12.2. The first-order valence-corrected chi connectivity index (χ1v) is 8.17. The molecule has 0 spiro atoms. The van der Waals surface area contributed by atoms with E-state index in [4.69, 9.17) is 9.47 Å². The molecule has 2 amide bonds. The van der Waals surface area contributed by atoms with Gasteiger partial charge in [-0.15, -0.1) is 11.8 Å². The zero-order chi connectivity index (χ0) is 17.3. The fourth-order valence-electron chi connectivity index (χ4n) is 2.58. The highest BCUT2D eigenvalue weighted by atomic mass is 32.2. The van der Waals surface area contributed by atoms with Crippen LogP contribution >= 0.6 is 11.8 Å². The average Bonchev–Trinajstić information content (AvgIpc) is 2.91. The van der Waals surface area contributed by atoms with Crippen molar-refractivity contribution in [2.24, 2.45) is 0 Å². The zero-order valence-electron chi connectivity index (χ0n) is 13.1. The maximum Gasteiger partial charge on any atom is 0.355 e. The van der Waals surface area contributed by atoms with Gasteiger partial charge in [-0.05, 0) is 19.1 Å². The van der Waals surface area contributed by atoms with Gasteiger partial charge in [-0.25, -0.2) is 4.79 Å². The minimum Gasteiger partial charge on any atom is -0.484 e. The summed E-state index contributed by atoms with van der Waals surface area (Å²) in [6, 6.07) is 8.27. The van der Waals surface area contributed by atoms with E-state index in [-0.39, 0.29) is 29.5 Å². The average molecular weight is 348 g/mol. The summed E-state index contributed by atoms with van der Waals surface area (Å²) in [5, 5.41) is 2.34. The second-order valence-corrected chi connectivity index (χ2v) is 6.59. The van der Waals surface area contributed by atoms with Crippen LogP contribution in [0, 0.1) is 0 Å². The number of methoxy groups -OCH3 is 1. The standard InChI is InChI=1S/C16H16N2O5S/c1-9-13(16(21)22-2)18-14(20)12(15(18)24-9)17-11(19)8-23-10-6-4-3-5-7-10/h3-7,12,15H,8H2,1-2H3,(H,17,19)/t12-,15-/m1/s1. The van der Waals surface area contributed by atoms with Crippen molar-refractivity contribution in [2.75, 3.05) is 13.7 Å². The fourth-order valence-corrected chi connectivity index (χ4v) is 3.87. The Kier molecular flexibility index (Phi) is 4.48. The van der Waals surface area contributed by atoms with Gasteiger partial charge < -0.3 is 14.8 Å². The smallest absolute Gasteiger partial charge is 0.355 e. The molecule has 24 heavy (non-hydrogen) atoms. The third-order valence-electron chi connectivity index (χ3n) is 3.72. The molecule has 2 atom stereocenters. The predicted octanol–water partition coefficient (Wildman–Crippen LogP) is 0.870. The minimum atomic E-state index is -0.668. The molecule has 2 aliphatic heterocycles. The highest BCUT2D eigenvalue weighted by molar-refractivity contribution is 8.04. The van der Waals surface area contributed by atoms with E-state index >= 15 is 0 Å². The van der Waals surface area contributed by atoms with Crippen molar-refractivity contribution in [1.82, 2.24) is 10.2 Å². The van der Waals surface area contributed by atoms with Crippen molar-refractivity contribution in [2.45, 2.75) is 18.3 Å². The summed E-state index contributed by atoms with van der Waals surface area (Å²) in [6.07, 6.45) is 0. The Balaban J connectivity index is 1.56. The van der Waals surface area contributed by atoms with E-state index in [1.807, 2.05) is 6.07 Å². The van der Waals surface area contributed by atoms with E-state index in [9.17, 15) is 14.4 Å². The molecule has 1 N–H and O–H groups in total. The van der Waals surface area contributed by atoms with Gasteiger partial charge in [-0.2, -0.15) is 0 Å². The quantitative estimate of drug-likeness (QED) is 0.628. The van der Waals surface area contributed by atoms with E-state index in [0.29, 0.717) is 10.7 Å². The second kappa shape index (κ2) is 6.56. The number of carbonyl (C=O) groups is 3. The van der Waals surface area contributed by atoms with Gasteiger partial charge >= 0.3 is 5.97 Å². The fraction of sp³-hybridized carbons (Fsp3) is 0.312. The first-order valence-electron chi connectivity index (χ1n) is 7.29. The number of amides is 2. The summed E-state index contributed by atoms with van der Waals surface area (Å²) in [6.45, 7) is 1.57. The largest absolute Gasteiger partial charge is 0.484 e. The molecule has 3 rings (SSSR count). The van der Waals surface area contributed by atoms with Gasteiger partial charge in [0.2, 0.25) is 0 Å². The van der Waals surface area contributed by atoms with Crippen LogP contribution in [0.15, 0.2) is 40.9 Å². The molecular formula is C16H16N2O5S. The van der Waals surface area contributed by atoms with Crippen molar-refractivity contribution in [3.8, 4) is 5.75 Å². The Morgan fingerprint density at radius 1 is 1.29 bits per heavy atom. The summed E-state index contributed by atoms with van der Waals surface area (Å²) in [5.41, 5.74) is 0.253. The van der Waals surface area contributed by atoms with E-state index < -0.39 is 12.0 Å². The number of thioether (sulfide) groups is 1. The van der Waals surface area contributed by atoms with Crippen LogP contribution < -0.4 is 10.1 Å². The Hall–Kier alpha value is -2.48. The minimum absolute atomic E-state index is 0.179. The van der Waals surface area contributed by atoms with Gasteiger partial charge in [0.1, 0.15) is 22.9 Å². The number of benzene rings is 1. The number of allylic oxidation sites excluding steroid dienone is 1. The van der Waals surface area contributed by atoms with Crippen LogP contribution in [-0.4, -0.2) is 47.8 Å². The summed E-state index contributed by atoms with van der Waals surface area (Å²) in [4.78, 5) is 38.1. The van der Waals surface area contributed by atoms with Crippen LogP contribution in [0.3, 0.4) is 0 Å². The lowest BCUT2D eigenvalue weighted by molar-refractivity contribution is -0.151. The highest BCUT2D eigenvalue weighted by Crippen LogP contribution is 2.46. The molecule has 0 bridgehead atoms. The topological polar surface area (TPSA) is 84.9 Å². The van der Waals surface area contributed by atoms with Crippen LogP contribution in [-0.2, 0) is 19.1 Å². The first-order chi connectivity index (χ1) is 11.5. The van der Waals surface area contributed by atoms with Crippen LogP contribution in [0.5, 0.6) is 5.75 Å². The molecule has 0 radical (unpaired) electrons. The first kappa shape index (κ1) is 16.4. The monoisotopic (exact) mass is 348 g/mol. The van der Waals surface area contributed by atoms with Crippen LogP contribution in [0.2, 0.25) is 0 Å². The number of carbonyl (C=O) groups excluding carboxylic acids is 3. The number of hydrogen-bond donors (Lipinski definition) is 1. The molecule has 8 heteroatoms. The molecule has 0 aliphatic carbocycles. The lowest BCUT2D eigenvalue weighted by atomic mass is 10.1. The molecule has 0 saturated carbocycles. The molecule has 0 aromatic heterocycles. The number of hydrogen-bond acceptors (Lipinski definition) is 6. The van der Waals surface area contributed by atoms with Gasteiger partial charge in [0.05, 0.1) is 7.11 Å². The molecule has 1 saturated heterocycles. The number of ether oxygens (including phenoxy) is 2. The van der Waals surface area contributed by atoms with E-state index in [0.717, 1.165) is 0 Å². The number of esters is 1. The second-order valence-electron chi connectivity index (χ2n) is 5.26. The third kappa shape index (κ3) is 2.84. The van der Waals surface area contributed by atoms with E-state index in [1.165, 1.54) is 23.8 Å². The lowest BCUT2D eigenvalue weighted by Gasteiger charge is -2.42. The molecule has 0 unspecified atom stereocenters. The Labute approximate surface area is 143 Å². The number of β-lactam (4-membered cyclic amide) rings is 1. The van der Waals surface area contributed by atoms with Crippen molar-refractivity contribution in [1.29, 1.82) is 0 Å². The number of nitrogens with one attached hydrogen (secondary N) is 1. The SMILES string of the molecule is COC(=O)C1=C(C)S[C@@H]2[C@H](NC(=O)COc3ccccc3)C(=O)N12. The molecule has 1 aromatic rings. The summed E-state index contributed by atoms with van der Waals surface area (Å²) in [5.74, 6) is -0.678. The van der Waals surface area contributed by atoms with Crippen molar-refractivity contribution < 1.29 is 23.9 Å². The molecule has 126 valence electrons. The van der Waals surface area contributed by atoms with Crippen molar-refractivity contribution in [3.63, 3.8) is 0 Å². The number of fused-ring (bicyclic) bond motifs is 1.